The van der Waals surface area contributed by atoms with Crippen LogP contribution in [0.15, 0.2) is 36.4 Å². The lowest BCUT2D eigenvalue weighted by molar-refractivity contribution is 0.0935. The van der Waals surface area contributed by atoms with Gasteiger partial charge in [0, 0.05) is 24.3 Å². The molecule has 1 aliphatic heterocycles. The summed E-state index contributed by atoms with van der Waals surface area (Å²) in [5.74, 6) is 2.48. The van der Waals surface area contributed by atoms with Gasteiger partial charge in [-0.1, -0.05) is 19.9 Å². The van der Waals surface area contributed by atoms with Crippen molar-refractivity contribution in [1.82, 2.24) is 5.32 Å². The molecule has 1 N–H and O–H groups in total. The molecule has 28 heavy (non-hydrogen) atoms. The number of rotatable bonds is 9. The number of ether oxygens (including phenoxy) is 4. The van der Waals surface area contributed by atoms with Crippen LogP contribution in [-0.4, -0.2) is 25.9 Å². The maximum atomic E-state index is 12.6. The number of benzene rings is 2. The minimum absolute atomic E-state index is 0.147. The lowest BCUT2D eigenvalue weighted by atomic mass is 10.1. The Kier molecular flexibility index (Phi) is 6.76. The van der Waals surface area contributed by atoms with E-state index >= 15 is 0 Å². The Morgan fingerprint density at radius 2 is 1.96 bits per heavy atom. The van der Waals surface area contributed by atoms with Gasteiger partial charge in [-0.3, -0.25) is 4.79 Å². The molecule has 2 aromatic rings. The third-order valence-electron chi connectivity index (χ3n) is 4.22. The van der Waals surface area contributed by atoms with Crippen molar-refractivity contribution in [1.29, 1.82) is 0 Å². The third-order valence-corrected chi connectivity index (χ3v) is 4.22. The fraction of sp³-hybridized carbons (Fsp3) is 0.409. The number of carbonyl (C=O) groups excluding carboxylic acids is 1. The molecule has 6 heteroatoms. The minimum Gasteiger partial charge on any atom is -0.494 e. The maximum absolute atomic E-state index is 12.6. The zero-order valence-electron chi connectivity index (χ0n) is 16.6. The molecule has 1 heterocycles. The molecule has 0 aromatic heterocycles. The highest BCUT2D eigenvalue weighted by atomic mass is 16.7. The zero-order chi connectivity index (χ0) is 19.9. The van der Waals surface area contributed by atoms with Gasteiger partial charge in [-0.2, -0.15) is 0 Å². The van der Waals surface area contributed by atoms with Crippen molar-refractivity contribution in [2.24, 2.45) is 5.92 Å². The fourth-order valence-electron chi connectivity index (χ4n) is 2.87. The van der Waals surface area contributed by atoms with Crippen LogP contribution in [0.5, 0.6) is 17.2 Å². The summed E-state index contributed by atoms with van der Waals surface area (Å²) in [6, 6.07) is 11.1. The summed E-state index contributed by atoms with van der Waals surface area (Å²) in [5.41, 5.74) is 2.40. The van der Waals surface area contributed by atoms with Crippen LogP contribution < -0.4 is 19.5 Å². The number of hydrogen-bond acceptors (Lipinski definition) is 5. The van der Waals surface area contributed by atoms with E-state index in [-0.39, 0.29) is 12.7 Å². The monoisotopic (exact) mass is 385 g/mol. The van der Waals surface area contributed by atoms with Crippen molar-refractivity contribution in [2.45, 2.75) is 33.9 Å². The van der Waals surface area contributed by atoms with E-state index in [1.54, 1.807) is 6.07 Å². The summed E-state index contributed by atoms with van der Waals surface area (Å²) in [7, 11) is 0. The van der Waals surface area contributed by atoms with Crippen molar-refractivity contribution in [3.05, 3.63) is 53.1 Å². The van der Waals surface area contributed by atoms with Crippen LogP contribution in [0, 0.1) is 5.92 Å². The lowest BCUT2D eigenvalue weighted by Crippen LogP contribution is -2.23. The standard InChI is InChI=1S/C22H27NO5/c1-4-26-19-8-6-17(10-18(19)13-25-12-15(2)3)22(24)23-11-16-5-7-20-21(9-16)28-14-27-20/h5-10,15H,4,11-14H2,1-3H3,(H,23,24). The van der Waals surface area contributed by atoms with Gasteiger partial charge in [0.2, 0.25) is 6.79 Å². The first kappa shape index (κ1) is 20.0. The van der Waals surface area contributed by atoms with E-state index in [0.717, 1.165) is 22.6 Å². The predicted octanol–water partition coefficient (Wildman–Crippen LogP) is 3.92. The second kappa shape index (κ2) is 9.46. The van der Waals surface area contributed by atoms with Crippen LogP contribution >= 0.6 is 0 Å². The molecule has 1 aliphatic rings. The molecule has 0 radical (unpaired) electrons. The van der Waals surface area contributed by atoms with E-state index in [1.165, 1.54) is 0 Å². The summed E-state index contributed by atoms with van der Waals surface area (Å²) in [4.78, 5) is 12.6. The van der Waals surface area contributed by atoms with Crippen LogP contribution in [-0.2, 0) is 17.9 Å². The van der Waals surface area contributed by atoms with E-state index in [4.69, 9.17) is 18.9 Å². The fourth-order valence-corrected chi connectivity index (χ4v) is 2.87. The highest BCUT2D eigenvalue weighted by Gasteiger charge is 2.14. The second-order valence-electron chi connectivity index (χ2n) is 7.03. The molecule has 0 bridgehead atoms. The Morgan fingerprint density at radius 3 is 2.75 bits per heavy atom. The molecule has 2 aromatic carbocycles. The Bertz CT molecular complexity index is 819. The van der Waals surface area contributed by atoms with Crippen molar-refractivity contribution in [2.75, 3.05) is 20.0 Å². The highest BCUT2D eigenvalue weighted by Crippen LogP contribution is 2.32. The summed E-state index contributed by atoms with van der Waals surface area (Å²) in [6.07, 6.45) is 0. The minimum atomic E-state index is -0.147. The third kappa shape index (κ3) is 5.16. The Labute approximate surface area is 165 Å². The molecule has 0 atom stereocenters. The van der Waals surface area contributed by atoms with Crippen molar-refractivity contribution in [3.8, 4) is 17.2 Å². The molecular weight excluding hydrogens is 358 g/mol. The number of carbonyl (C=O) groups is 1. The second-order valence-corrected chi connectivity index (χ2v) is 7.03. The van der Waals surface area contributed by atoms with Crippen molar-refractivity contribution < 1.29 is 23.7 Å². The van der Waals surface area contributed by atoms with Crippen LogP contribution in [0.1, 0.15) is 42.3 Å². The van der Waals surface area contributed by atoms with Gasteiger partial charge in [0.05, 0.1) is 13.2 Å². The van der Waals surface area contributed by atoms with Gasteiger partial charge in [-0.25, -0.2) is 0 Å². The number of fused-ring (bicyclic) bond motifs is 1. The molecule has 0 aliphatic carbocycles. The normalized spacial score (nSPS) is 12.3. The topological polar surface area (TPSA) is 66.0 Å². The summed E-state index contributed by atoms with van der Waals surface area (Å²) in [6.45, 7) is 8.41. The van der Waals surface area contributed by atoms with E-state index in [0.29, 0.717) is 43.6 Å². The quantitative estimate of drug-likeness (QED) is 0.709. The average Bonchev–Trinajstić information content (AvgIpc) is 3.15. The molecular formula is C22H27NO5. The summed E-state index contributed by atoms with van der Waals surface area (Å²) >= 11 is 0. The number of amides is 1. The van der Waals surface area contributed by atoms with Crippen LogP contribution in [0.25, 0.3) is 0 Å². The lowest BCUT2D eigenvalue weighted by Gasteiger charge is -2.14. The van der Waals surface area contributed by atoms with E-state index in [2.05, 4.69) is 19.2 Å². The first-order chi connectivity index (χ1) is 13.6. The average molecular weight is 385 g/mol. The number of nitrogens with one attached hydrogen (secondary N) is 1. The first-order valence-corrected chi connectivity index (χ1v) is 9.57. The Morgan fingerprint density at radius 1 is 1.14 bits per heavy atom. The van der Waals surface area contributed by atoms with Gasteiger partial charge >= 0.3 is 0 Å². The highest BCUT2D eigenvalue weighted by molar-refractivity contribution is 5.94. The van der Waals surface area contributed by atoms with Crippen LogP contribution in [0.3, 0.4) is 0 Å². The SMILES string of the molecule is CCOc1ccc(C(=O)NCc2ccc3c(c2)OCO3)cc1COCC(C)C. The number of hydrogen-bond donors (Lipinski definition) is 1. The van der Waals surface area contributed by atoms with Gasteiger partial charge in [0.1, 0.15) is 5.75 Å². The van der Waals surface area contributed by atoms with Crippen molar-refractivity contribution in [3.63, 3.8) is 0 Å². The first-order valence-electron chi connectivity index (χ1n) is 9.57. The molecule has 0 saturated carbocycles. The molecule has 3 rings (SSSR count). The van der Waals surface area contributed by atoms with Gasteiger partial charge in [-0.05, 0) is 48.7 Å². The van der Waals surface area contributed by atoms with Gasteiger partial charge in [0.15, 0.2) is 11.5 Å². The Balaban J connectivity index is 1.64. The molecule has 1 amide bonds. The molecule has 6 nitrogen and oxygen atoms in total. The van der Waals surface area contributed by atoms with Crippen LogP contribution in [0.4, 0.5) is 0 Å². The van der Waals surface area contributed by atoms with Crippen molar-refractivity contribution >= 4 is 5.91 Å². The largest absolute Gasteiger partial charge is 0.494 e. The molecule has 150 valence electrons. The van der Waals surface area contributed by atoms with Gasteiger partial charge in [0.25, 0.3) is 5.91 Å². The molecule has 0 fully saturated rings. The molecule has 0 saturated heterocycles. The molecule has 0 spiro atoms. The smallest absolute Gasteiger partial charge is 0.251 e. The van der Waals surface area contributed by atoms with E-state index in [9.17, 15) is 4.79 Å². The maximum Gasteiger partial charge on any atom is 0.251 e. The molecule has 0 unspecified atom stereocenters. The van der Waals surface area contributed by atoms with Gasteiger partial charge < -0.3 is 24.3 Å². The summed E-state index contributed by atoms with van der Waals surface area (Å²) in [5, 5.41) is 2.94. The van der Waals surface area contributed by atoms with Crippen LogP contribution in [0.2, 0.25) is 0 Å². The Hall–Kier alpha value is -2.73. The van der Waals surface area contributed by atoms with Gasteiger partial charge in [-0.15, -0.1) is 0 Å². The zero-order valence-corrected chi connectivity index (χ0v) is 16.6. The predicted molar refractivity (Wildman–Crippen MR) is 106 cm³/mol. The van der Waals surface area contributed by atoms with E-state index in [1.807, 2.05) is 37.3 Å². The summed E-state index contributed by atoms with van der Waals surface area (Å²) < 4.78 is 22.1. The van der Waals surface area contributed by atoms with E-state index < -0.39 is 0 Å².